The smallest absolute Gasteiger partial charge is 0.338 e. The Morgan fingerprint density at radius 3 is 2.74 bits per heavy atom. The number of carbonyl (C=O) groups excluding carboxylic acids is 1. The number of esters is 1. The van der Waals surface area contributed by atoms with Gasteiger partial charge < -0.3 is 9.47 Å². The van der Waals surface area contributed by atoms with Crippen molar-refractivity contribution >= 4 is 50.5 Å². The maximum atomic E-state index is 11.8. The van der Waals surface area contributed by atoms with Gasteiger partial charge in [-0.05, 0) is 47.1 Å². The van der Waals surface area contributed by atoms with Crippen LogP contribution in [-0.2, 0) is 16.1 Å². The molecule has 0 radical (unpaired) electrons. The normalized spacial score (nSPS) is 12.3. The highest BCUT2D eigenvalue weighted by Gasteiger charge is 2.20. The largest absolute Gasteiger partial charge is 0.472 e. The zero-order chi connectivity index (χ0) is 15.5. The van der Waals surface area contributed by atoms with E-state index in [0.717, 1.165) is 21.3 Å². The van der Waals surface area contributed by atoms with Crippen LogP contribution >= 0.6 is 32.9 Å². The Balaban J connectivity index is 0.00000192. The molecule has 120 valence electrons. The molecule has 0 saturated heterocycles. The van der Waals surface area contributed by atoms with Gasteiger partial charge in [0, 0.05) is 15.6 Å². The summed E-state index contributed by atoms with van der Waals surface area (Å²) < 4.78 is 11.5. The molecule has 1 aliphatic rings. The second-order valence-corrected chi connectivity index (χ2v) is 5.61. The van der Waals surface area contributed by atoms with Crippen LogP contribution in [0.15, 0.2) is 51.9 Å². The number of hydrogen-bond acceptors (Lipinski definition) is 4. The van der Waals surface area contributed by atoms with Crippen molar-refractivity contribution in [3.63, 3.8) is 0 Å². The molecule has 0 spiro atoms. The molecule has 0 amide bonds. The molecule has 2 aromatic carbocycles. The molecule has 0 atom stereocenters. The highest BCUT2D eigenvalue weighted by Crippen LogP contribution is 2.35. The number of nitrogens with zero attached hydrogens (tertiary/aromatic N) is 1. The average molecular weight is 441 g/mol. The molecule has 0 saturated carbocycles. The van der Waals surface area contributed by atoms with E-state index >= 15 is 0 Å². The highest BCUT2D eigenvalue weighted by atomic mass is 79.9. The van der Waals surface area contributed by atoms with E-state index in [1.807, 2.05) is 30.3 Å². The second kappa shape index (κ2) is 7.75. The molecule has 0 aromatic heterocycles. The third-order valence-corrected chi connectivity index (χ3v) is 3.86. The minimum Gasteiger partial charge on any atom is -0.472 e. The van der Waals surface area contributed by atoms with Crippen LogP contribution in [-0.4, -0.2) is 18.5 Å². The Labute approximate surface area is 153 Å². The Kier molecular flexibility index (Phi) is 5.96. The topological polar surface area (TPSA) is 47.9 Å². The number of carbonyl (C=O) groups is 1. The quantitative estimate of drug-likeness (QED) is 0.643. The van der Waals surface area contributed by atoms with Gasteiger partial charge >= 0.3 is 5.97 Å². The van der Waals surface area contributed by atoms with E-state index in [9.17, 15) is 4.79 Å². The summed E-state index contributed by atoms with van der Waals surface area (Å²) in [5.74, 6) is 0.238. The monoisotopic (exact) mass is 439 g/mol. The fourth-order valence-electron chi connectivity index (χ4n) is 2.23. The fraction of sp³-hybridized carbons (Fsp3) is 0.176. The number of benzene rings is 2. The third kappa shape index (κ3) is 3.82. The number of rotatable bonds is 3. The lowest BCUT2D eigenvalue weighted by atomic mass is 10.1. The van der Waals surface area contributed by atoms with Crippen LogP contribution in [0.3, 0.4) is 0 Å². The zero-order valence-electron chi connectivity index (χ0n) is 12.4. The minimum atomic E-state index is -0.344. The summed E-state index contributed by atoms with van der Waals surface area (Å²) in [6, 6.07) is 13.2. The van der Waals surface area contributed by atoms with Gasteiger partial charge in [-0.2, -0.15) is 0 Å². The molecule has 23 heavy (non-hydrogen) atoms. The van der Waals surface area contributed by atoms with Crippen LogP contribution in [0.4, 0.5) is 5.69 Å². The zero-order valence-corrected chi connectivity index (χ0v) is 15.7. The summed E-state index contributed by atoms with van der Waals surface area (Å²) >= 11 is 3.48. The number of ether oxygens (including phenoxy) is 2. The predicted octanol–water partition coefficient (Wildman–Crippen LogP) is 4.81. The van der Waals surface area contributed by atoms with Gasteiger partial charge in [0.15, 0.2) is 0 Å². The summed E-state index contributed by atoms with van der Waals surface area (Å²) in [7, 11) is 0. The van der Waals surface area contributed by atoms with Crippen LogP contribution in [0.1, 0.15) is 28.4 Å². The fourth-order valence-corrected chi connectivity index (χ4v) is 2.82. The molecule has 0 aliphatic carbocycles. The first-order valence-electron chi connectivity index (χ1n) is 6.95. The lowest BCUT2D eigenvalue weighted by Crippen LogP contribution is -2.13. The minimum absolute atomic E-state index is 0. The first-order valence-corrected chi connectivity index (χ1v) is 7.74. The summed E-state index contributed by atoms with van der Waals surface area (Å²) in [5, 5.41) is 0. The Morgan fingerprint density at radius 2 is 2.04 bits per heavy atom. The molecular formula is C17H15Br2NO3. The van der Waals surface area contributed by atoms with Crippen molar-refractivity contribution in [3.8, 4) is 0 Å². The molecule has 0 N–H and O–H groups in total. The van der Waals surface area contributed by atoms with Gasteiger partial charge in [-0.1, -0.05) is 18.2 Å². The van der Waals surface area contributed by atoms with Crippen molar-refractivity contribution in [2.24, 2.45) is 4.99 Å². The Bertz CT molecular complexity index is 745. The van der Waals surface area contributed by atoms with Gasteiger partial charge in [0.05, 0.1) is 17.9 Å². The maximum Gasteiger partial charge on any atom is 0.338 e. The van der Waals surface area contributed by atoms with Crippen LogP contribution in [0.25, 0.3) is 0 Å². The third-order valence-electron chi connectivity index (χ3n) is 3.25. The van der Waals surface area contributed by atoms with E-state index in [2.05, 4.69) is 20.9 Å². The lowest BCUT2D eigenvalue weighted by Gasteiger charge is -2.19. The first-order chi connectivity index (χ1) is 10.7. The molecule has 3 rings (SSSR count). The van der Waals surface area contributed by atoms with Crippen molar-refractivity contribution < 1.29 is 14.3 Å². The molecule has 1 heterocycles. The van der Waals surface area contributed by atoms with E-state index in [4.69, 9.17) is 9.47 Å². The van der Waals surface area contributed by atoms with E-state index in [1.165, 1.54) is 0 Å². The summed E-state index contributed by atoms with van der Waals surface area (Å²) in [5.41, 5.74) is 3.07. The van der Waals surface area contributed by atoms with Gasteiger partial charge in [-0.15, -0.1) is 17.0 Å². The van der Waals surface area contributed by atoms with Crippen molar-refractivity contribution in [2.75, 3.05) is 6.61 Å². The van der Waals surface area contributed by atoms with Gasteiger partial charge in [-0.3, -0.25) is 0 Å². The first kappa shape index (κ1) is 17.7. The van der Waals surface area contributed by atoms with Gasteiger partial charge in [0.25, 0.3) is 0 Å². The lowest BCUT2D eigenvalue weighted by molar-refractivity contribution is 0.0526. The molecular weight excluding hydrogens is 426 g/mol. The molecule has 0 unspecified atom stereocenters. The average Bonchev–Trinajstić information content (AvgIpc) is 2.55. The molecule has 4 nitrogen and oxygen atoms in total. The van der Waals surface area contributed by atoms with Gasteiger partial charge in [0.2, 0.25) is 5.90 Å². The molecule has 6 heteroatoms. The van der Waals surface area contributed by atoms with Crippen molar-refractivity contribution in [2.45, 2.75) is 13.5 Å². The molecule has 0 bridgehead atoms. The van der Waals surface area contributed by atoms with Crippen molar-refractivity contribution in [1.82, 2.24) is 0 Å². The standard InChI is InChI=1S/C17H14BrNO3.BrH/c1-2-21-17(20)12-8-13-10-22-16(11-6-4-3-5-7-11)19-15(13)14(18)9-12;/h3-9H,2,10H2,1H3;1H. The van der Waals surface area contributed by atoms with Gasteiger partial charge in [0.1, 0.15) is 6.61 Å². The van der Waals surface area contributed by atoms with E-state index < -0.39 is 0 Å². The maximum absolute atomic E-state index is 11.8. The molecule has 2 aromatic rings. The van der Waals surface area contributed by atoms with Gasteiger partial charge in [-0.25, -0.2) is 9.79 Å². The molecule has 1 aliphatic heterocycles. The molecule has 0 fully saturated rings. The number of fused-ring (bicyclic) bond motifs is 1. The van der Waals surface area contributed by atoms with Crippen molar-refractivity contribution in [3.05, 3.63) is 63.6 Å². The summed E-state index contributed by atoms with van der Waals surface area (Å²) in [6.45, 7) is 2.50. The highest BCUT2D eigenvalue weighted by molar-refractivity contribution is 9.10. The van der Waals surface area contributed by atoms with Crippen LogP contribution in [0, 0.1) is 0 Å². The number of halogens is 2. The van der Waals surface area contributed by atoms with Crippen molar-refractivity contribution in [1.29, 1.82) is 0 Å². The SMILES string of the molecule is Br.CCOC(=O)c1cc(Br)c2c(c1)COC(c1ccccc1)=N2. The number of aliphatic imine (C=N–C) groups is 1. The van der Waals surface area contributed by atoms with E-state index in [0.29, 0.717) is 24.7 Å². The van der Waals surface area contributed by atoms with E-state index in [-0.39, 0.29) is 23.0 Å². The Hall–Kier alpha value is -1.66. The van der Waals surface area contributed by atoms with Crippen LogP contribution < -0.4 is 0 Å². The second-order valence-electron chi connectivity index (χ2n) is 4.76. The van der Waals surface area contributed by atoms with Crippen LogP contribution in [0.5, 0.6) is 0 Å². The number of hydrogen-bond donors (Lipinski definition) is 0. The summed E-state index contributed by atoms with van der Waals surface area (Å²) in [4.78, 5) is 16.4. The van der Waals surface area contributed by atoms with E-state index in [1.54, 1.807) is 19.1 Å². The Morgan fingerprint density at radius 1 is 1.30 bits per heavy atom. The summed E-state index contributed by atoms with van der Waals surface area (Å²) in [6.07, 6.45) is 0. The van der Waals surface area contributed by atoms with Crippen LogP contribution in [0.2, 0.25) is 0 Å². The predicted molar refractivity (Wildman–Crippen MR) is 97.8 cm³/mol.